The Morgan fingerprint density at radius 3 is 2.57 bits per heavy atom. The van der Waals surface area contributed by atoms with Gasteiger partial charge in [0.05, 0.1) is 9.90 Å². The highest BCUT2D eigenvalue weighted by molar-refractivity contribution is 7.14. The first-order valence-electron chi connectivity index (χ1n) is 3.36. The molecule has 0 amide bonds. The predicted molar refractivity (Wildman–Crippen MR) is 52.9 cm³/mol. The number of hydrogen-bond acceptors (Lipinski definition) is 5. The number of carboxylic acid groups (broad SMARTS) is 1. The van der Waals surface area contributed by atoms with Gasteiger partial charge in [-0.3, -0.25) is 4.79 Å². The monoisotopic (exact) mass is 232 g/mol. The second-order valence-corrected chi connectivity index (χ2v) is 3.53. The molecule has 0 saturated carbocycles. The van der Waals surface area contributed by atoms with Gasteiger partial charge in [0.15, 0.2) is 0 Å². The highest BCUT2D eigenvalue weighted by Crippen LogP contribution is 2.22. The first-order valence-corrected chi connectivity index (χ1v) is 4.62. The van der Waals surface area contributed by atoms with Gasteiger partial charge >= 0.3 is 5.97 Å². The lowest BCUT2D eigenvalue weighted by Gasteiger charge is -1.96. The number of Topliss-reactive ketones (excluding diaryl/α,β-unsaturated/α-hetero) is 1. The number of hydrazone groups is 1. The fourth-order valence-corrected chi connectivity index (χ4v) is 1.86. The minimum atomic E-state index is -1.47. The maximum atomic E-state index is 11.4. The first-order chi connectivity index (χ1) is 6.57. The summed E-state index contributed by atoms with van der Waals surface area (Å²) in [5, 5.41) is 13.2. The predicted octanol–water partition coefficient (Wildman–Crippen LogP) is 0.984. The van der Waals surface area contributed by atoms with Gasteiger partial charge in [-0.15, -0.1) is 11.3 Å². The second-order valence-electron chi connectivity index (χ2n) is 2.21. The summed E-state index contributed by atoms with van der Waals surface area (Å²) in [5.74, 6) is 2.53. The van der Waals surface area contributed by atoms with Gasteiger partial charge in [-0.25, -0.2) is 4.79 Å². The molecule has 0 aliphatic heterocycles. The molecule has 0 unspecified atom stereocenters. The fourth-order valence-electron chi connectivity index (χ4n) is 0.774. The van der Waals surface area contributed by atoms with E-state index in [1.165, 1.54) is 6.07 Å². The van der Waals surface area contributed by atoms with Crippen LogP contribution in [0.3, 0.4) is 0 Å². The van der Waals surface area contributed by atoms with Crippen LogP contribution in [-0.4, -0.2) is 22.6 Å². The van der Waals surface area contributed by atoms with Crippen LogP contribution in [0.5, 0.6) is 0 Å². The molecule has 0 atom stereocenters. The van der Waals surface area contributed by atoms with Crippen LogP contribution in [0.2, 0.25) is 5.02 Å². The largest absolute Gasteiger partial charge is 0.476 e. The third kappa shape index (κ3) is 1.91. The standard InChI is InChI=1S/C7H5ClN2O3S/c8-3-1-2-14-6(3)5(11)4(10-9)7(12)13/h1-2H,9H2,(H,12,13)/b10-4-. The van der Waals surface area contributed by atoms with E-state index in [-0.39, 0.29) is 9.90 Å². The summed E-state index contributed by atoms with van der Waals surface area (Å²) in [6.45, 7) is 0. The zero-order chi connectivity index (χ0) is 10.7. The number of hydrogen-bond donors (Lipinski definition) is 2. The van der Waals surface area contributed by atoms with E-state index in [0.29, 0.717) is 0 Å². The van der Waals surface area contributed by atoms with Crippen molar-refractivity contribution < 1.29 is 14.7 Å². The Hall–Kier alpha value is -1.40. The number of halogens is 1. The topological polar surface area (TPSA) is 92.8 Å². The van der Waals surface area contributed by atoms with Crippen molar-refractivity contribution in [2.24, 2.45) is 10.9 Å². The van der Waals surface area contributed by atoms with Crippen molar-refractivity contribution in [3.8, 4) is 0 Å². The van der Waals surface area contributed by atoms with Crippen LogP contribution in [0.1, 0.15) is 9.67 Å². The van der Waals surface area contributed by atoms with Crippen LogP contribution in [-0.2, 0) is 4.79 Å². The third-order valence-corrected chi connectivity index (χ3v) is 2.71. The number of carbonyl (C=O) groups excluding carboxylic acids is 1. The van der Waals surface area contributed by atoms with E-state index in [4.69, 9.17) is 22.6 Å². The van der Waals surface area contributed by atoms with Crippen LogP contribution >= 0.6 is 22.9 Å². The van der Waals surface area contributed by atoms with Crippen LogP contribution in [0.25, 0.3) is 0 Å². The number of carboxylic acids is 1. The molecule has 1 aromatic rings. The molecular weight excluding hydrogens is 228 g/mol. The van der Waals surface area contributed by atoms with Gasteiger partial charge in [0.1, 0.15) is 0 Å². The van der Waals surface area contributed by atoms with Crippen molar-refractivity contribution in [3.05, 3.63) is 21.3 Å². The van der Waals surface area contributed by atoms with Crippen LogP contribution in [0, 0.1) is 0 Å². The van der Waals surface area contributed by atoms with E-state index in [9.17, 15) is 9.59 Å². The average molecular weight is 233 g/mol. The molecule has 0 radical (unpaired) electrons. The van der Waals surface area contributed by atoms with Crippen LogP contribution in [0.15, 0.2) is 16.5 Å². The lowest BCUT2D eigenvalue weighted by atomic mass is 10.2. The smallest absolute Gasteiger partial charge is 0.360 e. The first kappa shape index (κ1) is 10.7. The highest BCUT2D eigenvalue weighted by Gasteiger charge is 2.24. The fraction of sp³-hybridized carbons (Fsp3) is 0. The summed E-state index contributed by atoms with van der Waals surface area (Å²) in [6.07, 6.45) is 0. The molecule has 0 fully saturated rings. The molecule has 1 rings (SSSR count). The van der Waals surface area contributed by atoms with E-state index in [1.807, 2.05) is 0 Å². The Morgan fingerprint density at radius 2 is 2.21 bits per heavy atom. The molecule has 74 valence electrons. The summed E-state index contributed by atoms with van der Waals surface area (Å²) >= 11 is 6.68. The number of nitrogens with two attached hydrogens (primary N) is 1. The van der Waals surface area contributed by atoms with Gasteiger partial charge in [0, 0.05) is 0 Å². The molecule has 0 spiro atoms. The molecule has 0 bridgehead atoms. The van der Waals surface area contributed by atoms with E-state index in [2.05, 4.69) is 5.10 Å². The van der Waals surface area contributed by atoms with Crippen LogP contribution < -0.4 is 5.84 Å². The van der Waals surface area contributed by atoms with Crippen molar-refractivity contribution in [1.29, 1.82) is 0 Å². The normalized spacial score (nSPS) is 11.4. The summed E-state index contributed by atoms with van der Waals surface area (Å²) in [6, 6.07) is 1.50. The van der Waals surface area contributed by atoms with Crippen molar-refractivity contribution in [2.45, 2.75) is 0 Å². The number of carbonyl (C=O) groups is 2. The zero-order valence-electron chi connectivity index (χ0n) is 6.73. The third-order valence-electron chi connectivity index (χ3n) is 1.37. The Balaban J connectivity index is 3.08. The highest BCUT2D eigenvalue weighted by atomic mass is 35.5. The summed E-state index contributed by atoms with van der Waals surface area (Å²) in [4.78, 5) is 22.1. The molecule has 14 heavy (non-hydrogen) atoms. The summed E-state index contributed by atoms with van der Waals surface area (Å²) < 4.78 is 0. The Kier molecular flexibility index (Phi) is 3.21. The molecule has 0 saturated heterocycles. The van der Waals surface area contributed by atoms with Crippen LogP contribution in [0.4, 0.5) is 0 Å². The maximum Gasteiger partial charge on any atom is 0.360 e. The molecule has 1 aromatic heterocycles. The number of thiophene rings is 1. The van der Waals surface area contributed by atoms with Gasteiger partial charge in [-0.1, -0.05) is 11.6 Å². The molecule has 0 aliphatic carbocycles. The Morgan fingerprint density at radius 1 is 1.57 bits per heavy atom. The minimum Gasteiger partial charge on any atom is -0.476 e. The van der Waals surface area contributed by atoms with Crippen molar-refractivity contribution in [3.63, 3.8) is 0 Å². The summed E-state index contributed by atoms with van der Waals surface area (Å²) in [5.41, 5.74) is -0.727. The average Bonchev–Trinajstić information content (AvgIpc) is 2.51. The molecule has 0 aliphatic rings. The summed E-state index contributed by atoms with van der Waals surface area (Å²) in [7, 11) is 0. The lowest BCUT2D eigenvalue weighted by Crippen LogP contribution is -2.24. The van der Waals surface area contributed by atoms with Crippen molar-refractivity contribution in [2.75, 3.05) is 0 Å². The van der Waals surface area contributed by atoms with Gasteiger partial charge in [-0.2, -0.15) is 5.10 Å². The number of nitrogens with zero attached hydrogens (tertiary/aromatic N) is 1. The number of ketones is 1. The molecule has 5 nitrogen and oxygen atoms in total. The van der Waals surface area contributed by atoms with E-state index in [1.54, 1.807) is 5.38 Å². The Bertz CT molecular complexity index is 413. The Labute approximate surface area is 87.8 Å². The SMILES string of the molecule is N/N=C(\C(=O)O)C(=O)c1sccc1Cl. The second kappa shape index (κ2) is 4.21. The van der Waals surface area contributed by atoms with Gasteiger partial charge < -0.3 is 10.9 Å². The molecular formula is C7H5ClN2O3S. The van der Waals surface area contributed by atoms with E-state index in [0.717, 1.165) is 11.3 Å². The minimum absolute atomic E-state index is 0.123. The quantitative estimate of drug-likeness (QED) is 0.267. The molecule has 0 aromatic carbocycles. The van der Waals surface area contributed by atoms with Gasteiger partial charge in [-0.05, 0) is 11.4 Å². The van der Waals surface area contributed by atoms with Crippen molar-refractivity contribution >= 4 is 40.4 Å². The zero-order valence-corrected chi connectivity index (χ0v) is 8.30. The van der Waals surface area contributed by atoms with Gasteiger partial charge in [0.2, 0.25) is 11.5 Å². The van der Waals surface area contributed by atoms with E-state index < -0.39 is 17.5 Å². The molecule has 1 heterocycles. The molecule has 7 heteroatoms. The molecule has 3 N–H and O–H groups in total. The lowest BCUT2D eigenvalue weighted by molar-refractivity contribution is -0.129. The number of rotatable bonds is 3. The van der Waals surface area contributed by atoms with Gasteiger partial charge in [0.25, 0.3) is 0 Å². The maximum absolute atomic E-state index is 11.4. The van der Waals surface area contributed by atoms with E-state index >= 15 is 0 Å². The van der Waals surface area contributed by atoms with Crippen molar-refractivity contribution in [1.82, 2.24) is 0 Å². The number of aliphatic carboxylic acids is 1.